The lowest BCUT2D eigenvalue weighted by Gasteiger charge is -2.28. The second-order valence-electron chi connectivity index (χ2n) is 8.32. The lowest BCUT2D eigenvalue weighted by Crippen LogP contribution is -2.59. The minimum atomic E-state index is -1.46. The first kappa shape index (κ1) is 30.0. The van der Waals surface area contributed by atoms with Gasteiger partial charge in [-0.2, -0.15) is 0 Å². The van der Waals surface area contributed by atoms with Gasteiger partial charge >= 0.3 is 11.9 Å². The molecular weight excluding hydrogens is 478 g/mol. The van der Waals surface area contributed by atoms with Gasteiger partial charge in [0, 0.05) is 24.7 Å². The third-order valence-electron chi connectivity index (χ3n) is 5.43. The highest BCUT2D eigenvalue weighted by Crippen LogP contribution is 2.11. The number of imidazole rings is 1. The summed E-state index contributed by atoms with van der Waals surface area (Å²) in [5.41, 5.74) is 11.2. The quantitative estimate of drug-likeness (QED) is 0.117. The number of H-pyrrole nitrogens is 1. The molecule has 0 radical (unpaired) electrons. The molecule has 5 unspecified atom stereocenters. The van der Waals surface area contributed by atoms with Crippen molar-refractivity contribution in [3.05, 3.63) is 18.2 Å². The Labute approximate surface area is 206 Å². The van der Waals surface area contributed by atoms with Crippen molar-refractivity contribution in [3.8, 4) is 0 Å². The number of aromatic nitrogens is 2. The van der Waals surface area contributed by atoms with Crippen molar-refractivity contribution in [2.24, 2.45) is 17.4 Å². The minimum absolute atomic E-state index is 0.0823. The summed E-state index contributed by atoms with van der Waals surface area (Å²) in [6.45, 7) is 3.42. The molecule has 5 atom stereocenters. The monoisotopic (exact) mass is 511 g/mol. The fourth-order valence-electron chi connectivity index (χ4n) is 3.15. The molecule has 0 aliphatic heterocycles. The predicted octanol–water partition coefficient (Wildman–Crippen LogP) is -2.40. The van der Waals surface area contributed by atoms with E-state index in [0.29, 0.717) is 12.1 Å². The molecule has 0 bridgehead atoms. The molecule has 15 heteroatoms. The SMILES string of the molecule is CCC(C)C(NC(=O)C(CCC(N)=O)NC(=O)C(N)CC(=O)O)C(=O)NC(Cc1cnc[nH]1)C(=O)O. The van der Waals surface area contributed by atoms with Gasteiger partial charge in [-0.05, 0) is 12.3 Å². The standard InChI is InChI=1S/C21H33N7O8/c1-3-10(2)17(20(34)27-14(21(35)36)6-11-8-24-9-25-11)28-19(33)13(4-5-15(23)29)26-18(32)12(22)7-16(30)31/h8-10,12-14,17H,3-7,22H2,1-2H3,(H2,23,29)(H,24,25)(H,26,32)(H,27,34)(H,28,33)(H,30,31)(H,35,36). The molecular formula is C21H33N7O8. The molecule has 0 saturated heterocycles. The van der Waals surface area contributed by atoms with Gasteiger partial charge in [-0.25, -0.2) is 9.78 Å². The number of rotatable bonds is 16. The molecule has 1 rings (SSSR count). The van der Waals surface area contributed by atoms with E-state index in [1.165, 1.54) is 12.5 Å². The van der Waals surface area contributed by atoms with E-state index in [9.17, 15) is 33.9 Å². The number of nitrogens with one attached hydrogen (secondary N) is 4. The van der Waals surface area contributed by atoms with E-state index in [1.54, 1.807) is 13.8 Å². The largest absolute Gasteiger partial charge is 0.481 e. The van der Waals surface area contributed by atoms with Crippen molar-refractivity contribution in [2.75, 3.05) is 0 Å². The van der Waals surface area contributed by atoms with Crippen LogP contribution in [0.4, 0.5) is 0 Å². The van der Waals surface area contributed by atoms with Crippen LogP contribution >= 0.6 is 0 Å². The summed E-state index contributed by atoms with van der Waals surface area (Å²) in [5, 5.41) is 25.5. The van der Waals surface area contributed by atoms with Crippen molar-refractivity contribution in [3.63, 3.8) is 0 Å². The molecule has 0 aromatic carbocycles. The Morgan fingerprint density at radius 3 is 2.17 bits per heavy atom. The number of primary amides is 1. The van der Waals surface area contributed by atoms with Gasteiger partial charge in [-0.1, -0.05) is 20.3 Å². The lowest BCUT2D eigenvalue weighted by atomic mass is 9.96. The van der Waals surface area contributed by atoms with Crippen molar-refractivity contribution in [2.45, 2.75) is 70.1 Å². The fourth-order valence-corrected chi connectivity index (χ4v) is 3.15. The molecule has 36 heavy (non-hydrogen) atoms. The average Bonchev–Trinajstić information content (AvgIpc) is 3.31. The molecule has 0 saturated carbocycles. The summed E-state index contributed by atoms with van der Waals surface area (Å²) < 4.78 is 0. The van der Waals surface area contributed by atoms with Crippen LogP contribution in [0.15, 0.2) is 12.5 Å². The lowest BCUT2D eigenvalue weighted by molar-refractivity contribution is -0.142. The number of carbonyl (C=O) groups excluding carboxylic acids is 4. The summed E-state index contributed by atoms with van der Waals surface area (Å²) in [5.74, 6) is -6.40. The highest BCUT2D eigenvalue weighted by atomic mass is 16.4. The maximum absolute atomic E-state index is 13.0. The van der Waals surface area contributed by atoms with Gasteiger partial charge in [0.25, 0.3) is 0 Å². The second-order valence-corrected chi connectivity index (χ2v) is 8.32. The number of nitrogens with zero attached hydrogens (tertiary/aromatic N) is 1. The molecule has 1 aromatic rings. The van der Waals surface area contributed by atoms with Crippen LogP contribution in [-0.4, -0.2) is 79.9 Å². The van der Waals surface area contributed by atoms with E-state index in [4.69, 9.17) is 16.6 Å². The predicted molar refractivity (Wildman–Crippen MR) is 124 cm³/mol. The third-order valence-corrected chi connectivity index (χ3v) is 5.43. The van der Waals surface area contributed by atoms with Crippen molar-refractivity contribution >= 4 is 35.6 Å². The number of aliphatic carboxylic acids is 2. The number of carbonyl (C=O) groups is 6. The molecule has 0 aliphatic carbocycles. The molecule has 1 heterocycles. The molecule has 0 fully saturated rings. The number of hydrogen-bond donors (Lipinski definition) is 8. The van der Waals surface area contributed by atoms with Gasteiger partial charge in [-0.15, -0.1) is 0 Å². The van der Waals surface area contributed by atoms with E-state index in [-0.39, 0.29) is 19.3 Å². The first-order chi connectivity index (χ1) is 16.8. The number of amides is 4. The average molecular weight is 512 g/mol. The molecule has 15 nitrogen and oxygen atoms in total. The number of carboxylic acid groups (broad SMARTS) is 2. The fraction of sp³-hybridized carbons (Fsp3) is 0.571. The number of nitrogens with two attached hydrogens (primary N) is 2. The van der Waals surface area contributed by atoms with Gasteiger partial charge in [0.1, 0.15) is 18.1 Å². The zero-order valence-electron chi connectivity index (χ0n) is 20.0. The molecule has 4 amide bonds. The van der Waals surface area contributed by atoms with Crippen LogP contribution in [0.5, 0.6) is 0 Å². The topological polar surface area (TPSA) is 260 Å². The van der Waals surface area contributed by atoms with Crippen LogP contribution in [0.3, 0.4) is 0 Å². The highest BCUT2D eigenvalue weighted by Gasteiger charge is 2.33. The third kappa shape index (κ3) is 10.1. The van der Waals surface area contributed by atoms with E-state index in [0.717, 1.165) is 0 Å². The second kappa shape index (κ2) is 14.4. The Morgan fingerprint density at radius 2 is 1.67 bits per heavy atom. The molecule has 10 N–H and O–H groups in total. The Balaban J connectivity index is 3.03. The summed E-state index contributed by atoms with van der Waals surface area (Å²) >= 11 is 0. The van der Waals surface area contributed by atoms with E-state index >= 15 is 0 Å². The van der Waals surface area contributed by atoms with Crippen molar-refractivity contribution in [1.29, 1.82) is 0 Å². The zero-order valence-corrected chi connectivity index (χ0v) is 20.0. The molecule has 0 spiro atoms. The maximum atomic E-state index is 13.0. The van der Waals surface area contributed by atoms with Crippen molar-refractivity contribution < 1.29 is 39.0 Å². The Bertz CT molecular complexity index is 937. The highest BCUT2D eigenvalue weighted by molar-refractivity contribution is 5.95. The Kier molecular flexibility index (Phi) is 12.0. The number of carboxylic acids is 2. The zero-order chi connectivity index (χ0) is 27.4. The van der Waals surface area contributed by atoms with Crippen LogP contribution in [0.2, 0.25) is 0 Å². The maximum Gasteiger partial charge on any atom is 0.326 e. The van der Waals surface area contributed by atoms with Crippen LogP contribution in [0.1, 0.15) is 45.2 Å². The minimum Gasteiger partial charge on any atom is -0.481 e. The van der Waals surface area contributed by atoms with E-state index in [2.05, 4.69) is 25.9 Å². The number of aromatic amines is 1. The molecule has 200 valence electrons. The van der Waals surface area contributed by atoms with Gasteiger partial charge in [0.2, 0.25) is 23.6 Å². The van der Waals surface area contributed by atoms with E-state index < -0.39 is 72.1 Å². The summed E-state index contributed by atoms with van der Waals surface area (Å²) in [7, 11) is 0. The summed E-state index contributed by atoms with van der Waals surface area (Å²) in [4.78, 5) is 78.6. The van der Waals surface area contributed by atoms with Crippen LogP contribution in [0, 0.1) is 5.92 Å². The first-order valence-corrected chi connectivity index (χ1v) is 11.2. The Morgan fingerprint density at radius 1 is 1.03 bits per heavy atom. The smallest absolute Gasteiger partial charge is 0.326 e. The summed E-state index contributed by atoms with van der Waals surface area (Å²) in [6, 6.07) is -5.32. The molecule has 1 aromatic heterocycles. The van der Waals surface area contributed by atoms with Crippen molar-refractivity contribution in [1.82, 2.24) is 25.9 Å². The van der Waals surface area contributed by atoms with Crippen LogP contribution in [-0.2, 0) is 35.2 Å². The van der Waals surface area contributed by atoms with Gasteiger partial charge in [-0.3, -0.25) is 24.0 Å². The normalized spacial score (nSPS) is 15.0. The van der Waals surface area contributed by atoms with Crippen LogP contribution in [0.25, 0.3) is 0 Å². The van der Waals surface area contributed by atoms with E-state index in [1.807, 2.05) is 0 Å². The molecule has 0 aliphatic rings. The van der Waals surface area contributed by atoms with Crippen LogP contribution < -0.4 is 27.4 Å². The van der Waals surface area contributed by atoms with Gasteiger partial charge in [0.15, 0.2) is 0 Å². The summed E-state index contributed by atoms with van der Waals surface area (Å²) in [6.07, 6.45) is 1.90. The first-order valence-electron chi connectivity index (χ1n) is 11.2. The Hall–Kier alpha value is -4.01. The van der Waals surface area contributed by atoms with Gasteiger partial charge in [0.05, 0.1) is 18.8 Å². The van der Waals surface area contributed by atoms with Gasteiger partial charge < -0.3 is 42.6 Å². The number of hydrogen-bond acceptors (Lipinski definition) is 8.